The minimum atomic E-state index is 0.207. The molecule has 1 aliphatic heterocycles. The molecule has 0 radical (unpaired) electrons. The smallest absolute Gasteiger partial charge is 0.192 e. The third kappa shape index (κ3) is 3.08. The van der Waals surface area contributed by atoms with E-state index < -0.39 is 0 Å². The lowest BCUT2D eigenvalue weighted by molar-refractivity contribution is 0.317. The van der Waals surface area contributed by atoms with Gasteiger partial charge in [-0.2, -0.15) is 0 Å². The molecule has 0 amide bonds. The normalized spacial score (nSPS) is 18.3. The average Bonchev–Trinajstić information content (AvgIpc) is 2.79. The maximum Gasteiger partial charge on any atom is 0.192 e. The Kier molecular flexibility index (Phi) is 4.44. The predicted molar refractivity (Wildman–Crippen MR) is 78.4 cm³/mol. The lowest BCUT2D eigenvalue weighted by atomic mass is 10.1. The van der Waals surface area contributed by atoms with Crippen molar-refractivity contribution in [3.63, 3.8) is 0 Å². The van der Waals surface area contributed by atoms with E-state index in [-0.39, 0.29) is 6.04 Å². The first-order valence-electron chi connectivity index (χ1n) is 6.66. The summed E-state index contributed by atoms with van der Waals surface area (Å²) in [5.41, 5.74) is 7.10. The van der Waals surface area contributed by atoms with Gasteiger partial charge < -0.3 is 15.4 Å². The molecule has 0 saturated carbocycles. The highest BCUT2D eigenvalue weighted by molar-refractivity contribution is 5.80. The van der Waals surface area contributed by atoms with Crippen molar-refractivity contribution >= 4 is 5.96 Å². The van der Waals surface area contributed by atoms with Gasteiger partial charge in [0.25, 0.3) is 0 Å². The summed E-state index contributed by atoms with van der Waals surface area (Å²) < 4.78 is 5.59. The van der Waals surface area contributed by atoms with Crippen LogP contribution >= 0.6 is 0 Å². The zero-order valence-corrected chi connectivity index (χ0v) is 11.4. The van der Waals surface area contributed by atoms with Crippen LogP contribution < -0.4 is 10.5 Å². The SMILES string of the molecule is C=CCN1C(N)=NCC1c1ccc(OCCC)cc1. The summed E-state index contributed by atoms with van der Waals surface area (Å²) in [6.07, 6.45) is 2.86. The molecule has 1 aliphatic rings. The molecule has 1 unspecified atom stereocenters. The van der Waals surface area contributed by atoms with Crippen molar-refractivity contribution in [1.29, 1.82) is 0 Å². The number of hydrogen-bond acceptors (Lipinski definition) is 4. The van der Waals surface area contributed by atoms with E-state index in [2.05, 4.69) is 35.5 Å². The lowest BCUT2D eigenvalue weighted by Crippen LogP contribution is -2.36. The highest BCUT2D eigenvalue weighted by atomic mass is 16.5. The Bertz CT molecular complexity index is 453. The minimum absolute atomic E-state index is 0.207. The van der Waals surface area contributed by atoms with E-state index in [0.29, 0.717) is 19.0 Å². The lowest BCUT2D eigenvalue weighted by Gasteiger charge is -2.25. The van der Waals surface area contributed by atoms with Crippen LogP contribution in [0.4, 0.5) is 0 Å². The molecule has 0 bridgehead atoms. The van der Waals surface area contributed by atoms with E-state index in [1.165, 1.54) is 5.56 Å². The second-order valence-electron chi connectivity index (χ2n) is 4.57. The van der Waals surface area contributed by atoms with E-state index in [0.717, 1.165) is 18.8 Å². The summed E-state index contributed by atoms with van der Waals surface area (Å²) in [5.74, 6) is 1.50. The van der Waals surface area contributed by atoms with Gasteiger partial charge in [0, 0.05) is 6.54 Å². The number of nitrogens with zero attached hydrogens (tertiary/aromatic N) is 2. The molecule has 0 aliphatic carbocycles. The zero-order valence-electron chi connectivity index (χ0n) is 11.4. The van der Waals surface area contributed by atoms with Crippen molar-refractivity contribution in [2.24, 2.45) is 10.7 Å². The van der Waals surface area contributed by atoms with Crippen molar-refractivity contribution in [3.8, 4) is 5.75 Å². The van der Waals surface area contributed by atoms with Crippen LogP contribution in [0.5, 0.6) is 5.75 Å². The van der Waals surface area contributed by atoms with E-state index in [9.17, 15) is 0 Å². The Morgan fingerprint density at radius 2 is 2.21 bits per heavy atom. The molecule has 0 fully saturated rings. The van der Waals surface area contributed by atoms with Crippen LogP contribution in [0, 0.1) is 0 Å². The number of nitrogens with two attached hydrogens (primary N) is 1. The van der Waals surface area contributed by atoms with Crippen molar-refractivity contribution in [3.05, 3.63) is 42.5 Å². The van der Waals surface area contributed by atoms with Crippen LogP contribution in [0.2, 0.25) is 0 Å². The fourth-order valence-corrected chi connectivity index (χ4v) is 2.18. The molecule has 102 valence electrons. The van der Waals surface area contributed by atoms with E-state index in [1.54, 1.807) is 0 Å². The van der Waals surface area contributed by atoms with Gasteiger partial charge in [0.2, 0.25) is 0 Å². The Balaban J connectivity index is 2.07. The molecule has 1 atom stereocenters. The second kappa shape index (κ2) is 6.27. The fraction of sp³-hybridized carbons (Fsp3) is 0.400. The number of hydrogen-bond donors (Lipinski definition) is 1. The quantitative estimate of drug-likeness (QED) is 0.798. The van der Waals surface area contributed by atoms with Crippen molar-refractivity contribution in [1.82, 2.24) is 4.90 Å². The van der Waals surface area contributed by atoms with Gasteiger partial charge in [0.15, 0.2) is 5.96 Å². The Hall–Kier alpha value is -1.97. The molecular formula is C15H21N3O. The van der Waals surface area contributed by atoms with E-state index >= 15 is 0 Å². The second-order valence-corrected chi connectivity index (χ2v) is 4.57. The number of ether oxygens (including phenoxy) is 1. The minimum Gasteiger partial charge on any atom is -0.494 e. The first-order chi connectivity index (χ1) is 9.26. The molecule has 19 heavy (non-hydrogen) atoms. The molecule has 4 nitrogen and oxygen atoms in total. The molecular weight excluding hydrogens is 238 g/mol. The molecule has 0 aromatic heterocycles. The first kappa shape index (κ1) is 13.5. The van der Waals surface area contributed by atoms with Crippen LogP contribution in [0.1, 0.15) is 24.9 Å². The van der Waals surface area contributed by atoms with Crippen molar-refractivity contribution < 1.29 is 4.74 Å². The highest BCUT2D eigenvalue weighted by Gasteiger charge is 2.26. The summed E-state index contributed by atoms with van der Waals surface area (Å²) in [5, 5.41) is 0. The van der Waals surface area contributed by atoms with E-state index in [1.807, 2.05) is 18.2 Å². The molecule has 4 heteroatoms. The van der Waals surface area contributed by atoms with Crippen LogP contribution in [-0.4, -0.2) is 30.6 Å². The van der Waals surface area contributed by atoms with Crippen molar-refractivity contribution in [2.75, 3.05) is 19.7 Å². The Morgan fingerprint density at radius 1 is 1.47 bits per heavy atom. The largest absolute Gasteiger partial charge is 0.494 e. The van der Waals surface area contributed by atoms with Gasteiger partial charge in [0.05, 0.1) is 19.2 Å². The molecule has 1 aromatic rings. The van der Waals surface area contributed by atoms with Crippen LogP contribution in [0.25, 0.3) is 0 Å². The number of aliphatic imine (C=N–C) groups is 1. The van der Waals surface area contributed by atoms with Gasteiger partial charge in [-0.1, -0.05) is 25.1 Å². The summed E-state index contributed by atoms with van der Waals surface area (Å²) in [6, 6.07) is 8.38. The molecule has 1 heterocycles. The summed E-state index contributed by atoms with van der Waals surface area (Å²) in [4.78, 5) is 6.37. The maximum absolute atomic E-state index is 5.89. The predicted octanol–water partition coefficient (Wildman–Crippen LogP) is 2.33. The van der Waals surface area contributed by atoms with Crippen LogP contribution in [0.15, 0.2) is 41.9 Å². The third-order valence-corrected chi connectivity index (χ3v) is 3.16. The van der Waals surface area contributed by atoms with Crippen molar-refractivity contribution in [2.45, 2.75) is 19.4 Å². The Labute approximate surface area is 114 Å². The van der Waals surface area contributed by atoms with E-state index in [4.69, 9.17) is 10.5 Å². The fourth-order valence-electron chi connectivity index (χ4n) is 2.18. The number of guanidine groups is 1. The van der Waals surface area contributed by atoms with Gasteiger partial charge in [0.1, 0.15) is 5.75 Å². The molecule has 0 saturated heterocycles. The van der Waals surface area contributed by atoms with Crippen LogP contribution in [-0.2, 0) is 0 Å². The summed E-state index contributed by atoms with van der Waals surface area (Å²) in [6.45, 7) is 8.03. The zero-order chi connectivity index (χ0) is 13.7. The first-order valence-corrected chi connectivity index (χ1v) is 6.66. The topological polar surface area (TPSA) is 50.8 Å². The van der Waals surface area contributed by atoms with Crippen LogP contribution in [0.3, 0.4) is 0 Å². The average molecular weight is 259 g/mol. The molecule has 1 aromatic carbocycles. The third-order valence-electron chi connectivity index (χ3n) is 3.16. The highest BCUT2D eigenvalue weighted by Crippen LogP contribution is 2.26. The van der Waals surface area contributed by atoms with Gasteiger partial charge in [-0.05, 0) is 24.1 Å². The van der Waals surface area contributed by atoms with Gasteiger partial charge >= 0.3 is 0 Å². The molecule has 2 N–H and O–H groups in total. The van der Waals surface area contributed by atoms with Gasteiger partial charge in [-0.25, -0.2) is 0 Å². The maximum atomic E-state index is 5.89. The number of benzene rings is 1. The van der Waals surface area contributed by atoms with Gasteiger partial charge in [-0.3, -0.25) is 4.99 Å². The molecule has 2 rings (SSSR count). The Morgan fingerprint density at radius 3 is 2.84 bits per heavy atom. The number of rotatable bonds is 6. The summed E-state index contributed by atoms with van der Waals surface area (Å²) >= 11 is 0. The molecule has 0 spiro atoms. The van der Waals surface area contributed by atoms with Gasteiger partial charge in [-0.15, -0.1) is 6.58 Å². The monoisotopic (exact) mass is 259 g/mol. The summed E-state index contributed by atoms with van der Waals surface area (Å²) in [7, 11) is 0. The standard InChI is InChI=1S/C15H21N3O/c1-3-9-18-14(11-17-15(18)16)12-5-7-13(8-6-12)19-10-4-2/h3,5-8,14H,1,4,9-11H2,2H3,(H2,16,17).